The Bertz CT molecular complexity index is 1300. The molecular formula is C28H34N6O4. The number of aryl methyl sites for hydroxylation is 1. The zero-order chi connectivity index (χ0) is 27.4. The number of carbonyl (C=O) groups excluding carboxylic acids is 3. The highest BCUT2D eigenvalue weighted by Gasteiger charge is 2.34. The van der Waals surface area contributed by atoms with Crippen molar-refractivity contribution in [1.82, 2.24) is 20.1 Å². The van der Waals surface area contributed by atoms with Gasteiger partial charge >= 0.3 is 17.9 Å². The van der Waals surface area contributed by atoms with Crippen LogP contribution in [0.25, 0.3) is 11.1 Å². The number of piperidine rings is 1. The first-order chi connectivity index (χ1) is 18.0. The van der Waals surface area contributed by atoms with E-state index in [1.54, 1.807) is 44.9 Å². The number of aromatic amines is 1. The van der Waals surface area contributed by atoms with Gasteiger partial charge in [-0.05, 0) is 69.2 Å². The Morgan fingerprint density at radius 2 is 1.79 bits per heavy atom. The van der Waals surface area contributed by atoms with Gasteiger partial charge in [-0.1, -0.05) is 31.2 Å². The molecule has 10 heteroatoms. The van der Waals surface area contributed by atoms with E-state index in [1.807, 2.05) is 30.5 Å². The van der Waals surface area contributed by atoms with Crippen molar-refractivity contribution in [2.45, 2.75) is 59.1 Å². The molecule has 1 aliphatic rings. The monoisotopic (exact) mass is 518 g/mol. The molecule has 3 heterocycles. The number of rotatable bonds is 4. The fourth-order valence-electron chi connectivity index (χ4n) is 4.52. The van der Waals surface area contributed by atoms with Crippen molar-refractivity contribution in [2.24, 2.45) is 5.92 Å². The molecule has 0 unspecified atom stereocenters. The largest absolute Gasteiger partial charge is 0.444 e. The Hall–Kier alpha value is -4.21. The van der Waals surface area contributed by atoms with Crippen LogP contribution in [0.4, 0.5) is 16.3 Å². The Morgan fingerprint density at radius 3 is 2.42 bits per heavy atom. The average molecular weight is 519 g/mol. The number of hydrogen-bond donors (Lipinski definition) is 3. The molecule has 0 aliphatic carbocycles. The zero-order valence-electron chi connectivity index (χ0n) is 22.4. The second-order valence-electron chi connectivity index (χ2n) is 10.7. The maximum absolute atomic E-state index is 13.3. The third kappa shape index (κ3) is 6.56. The maximum atomic E-state index is 13.3. The number of ether oxygens (including phenoxy) is 1. The smallest absolute Gasteiger partial charge is 0.413 e. The van der Waals surface area contributed by atoms with Crippen LogP contribution >= 0.6 is 0 Å². The lowest BCUT2D eigenvalue weighted by atomic mass is 9.89. The molecule has 200 valence electrons. The summed E-state index contributed by atoms with van der Waals surface area (Å²) in [6.45, 7) is 9.63. The van der Waals surface area contributed by atoms with E-state index in [2.05, 4.69) is 32.7 Å². The second kappa shape index (κ2) is 11.0. The maximum Gasteiger partial charge on any atom is 0.413 e. The van der Waals surface area contributed by atoms with Gasteiger partial charge in [0.25, 0.3) is 0 Å². The number of carbonyl (C=O) groups is 3. The summed E-state index contributed by atoms with van der Waals surface area (Å²) in [5.41, 5.74) is 3.33. The molecule has 0 saturated carbocycles. The van der Waals surface area contributed by atoms with E-state index < -0.39 is 23.5 Å². The quantitative estimate of drug-likeness (QED) is 0.414. The lowest BCUT2D eigenvalue weighted by Gasteiger charge is -2.38. The summed E-state index contributed by atoms with van der Waals surface area (Å²) in [6, 6.07) is 9.47. The van der Waals surface area contributed by atoms with Crippen LogP contribution in [-0.4, -0.2) is 50.1 Å². The first-order valence-electron chi connectivity index (χ1n) is 12.7. The van der Waals surface area contributed by atoms with Crippen LogP contribution in [0.2, 0.25) is 0 Å². The molecule has 2 aromatic heterocycles. The number of nitrogens with one attached hydrogen (secondary N) is 3. The molecule has 1 saturated heterocycles. The summed E-state index contributed by atoms with van der Waals surface area (Å²) in [6.07, 6.45) is 6.10. The Balaban J connectivity index is 1.44. The van der Waals surface area contributed by atoms with Crippen LogP contribution in [-0.2, 0) is 14.3 Å². The topological polar surface area (TPSA) is 129 Å². The summed E-state index contributed by atoms with van der Waals surface area (Å²) in [5.74, 6) is -0.718. The van der Waals surface area contributed by atoms with Gasteiger partial charge < -0.3 is 15.0 Å². The Labute approximate surface area is 222 Å². The molecule has 3 aromatic rings. The van der Waals surface area contributed by atoms with Crippen molar-refractivity contribution in [3.8, 4) is 11.1 Å². The number of H-pyrrole nitrogens is 1. The van der Waals surface area contributed by atoms with Crippen molar-refractivity contribution in [2.75, 3.05) is 17.2 Å². The molecule has 1 fully saturated rings. The summed E-state index contributed by atoms with van der Waals surface area (Å²) >= 11 is 0. The highest BCUT2D eigenvalue weighted by Crippen LogP contribution is 2.34. The van der Waals surface area contributed by atoms with Crippen LogP contribution in [0.5, 0.6) is 0 Å². The predicted molar refractivity (Wildman–Crippen MR) is 144 cm³/mol. The number of benzene rings is 1. The van der Waals surface area contributed by atoms with E-state index >= 15 is 0 Å². The minimum atomic E-state index is -0.729. The van der Waals surface area contributed by atoms with Gasteiger partial charge in [-0.25, -0.2) is 9.78 Å². The Morgan fingerprint density at radius 1 is 1.05 bits per heavy atom. The molecule has 0 radical (unpaired) electrons. The molecular weight excluding hydrogens is 484 g/mol. The standard InChI is InChI=1S/C28H34N6O4/c1-17-6-11-23(20-9-7-19(8-10-20)21-13-30-31-14-21)34(16-17)26(36)25(35)32-22-12-18(2)24(29-15-22)33-27(37)38-28(3,4)5/h7-10,12-15,17,23H,6,11,16H2,1-5H3,(H,30,31)(H,32,35)(H,29,33,37)/t17-,23+/m1/s1. The van der Waals surface area contributed by atoms with Gasteiger partial charge in [0.05, 0.1) is 24.1 Å². The summed E-state index contributed by atoms with van der Waals surface area (Å²) in [5, 5.41) is 12.1. The predicted octanol–water partition coefficient (Wildman–Crippen LogP) is 5.07. The molecule has 1 aliphatic heterocycles. The SMILES string of the molecule is Cc1cc(NC(=O)C(=O)N2C[C@H](C)CC[C@H]2c2ccc(-c3cn[nH]c3)cc2)cnc1NC(=O)OC(C)(C)C. The second-order valence-corrected chi connectivity index (χ2v) is 10.7. The molecule has 0 bridgehead atoms. The van der Waals surface area contributed by atoms with E-state index in [9.17, 15) is 14.4 Å². The van der Waals surface area contributed by atoms with E-state index in [1.165, 1.54) is 6.20 Å². The van der Waals surface area contributed by atoms with Crippen molar-refractivity contribution in [1.29, 1.82) is 0 Å². The number of anilines is 2. The number of amides is 3. The van der Waals surface area contributed by atoms with Crippen LogP contribution in [0.15, 0.2) is 48.9 Å². The Kier molecular flexibility index (Phi) is 7.80. The molecule has 4 rings (SSSR count). The van der Waals surface area contributed by atoms with Gasteiger partial charge in [-0.15, -0.1) is 0 Å². The third-order valence-electron chi connectivity index (χ3n) is 6.36. The first-order valence-corrected chi connectivity index (χ1v) is 12.7. The molecule has 10 nitrogen and oxygen atoms in total. The van der Waals surface area contributed by atoms with E-state index in [0.717, 1.165) is 29.5 Å². The minimum Gasteiger partial charge on any atom is -0.444 e. The van der Waals surface area contributed by atoms with Gasteiger partial charge in [0, 0.05) is 18.3 Å². The number of pyridine rings is 1. The fraction of sp³-hybridized carbons (Fsp3) is 0.393. The number of hydrogen-bond acceptors (Lipinski definition) is 6. The van der Waals surface area contributed by atoms with Crippen molar-refractivity contribution in [3.63, 3.8) is 0 Å². The average Bonchev–Trinajstić information content (AvgIpc) is 3.39. The summed E-state index contributed by atoms with van der Waals surface area (Å²) in [4.78, 5) is 44.3. The van der Waals surface area contributed by atoms with E-state index in [0.29, 0.717) is 23.6 Å². The minimum absolute atomic E-state index is 0.192. The fourth-order valence-corrected chi connectivity index (χ4v) is 4.52. The van der Waals surface area contributed by atoms with Crippen molar-refractivity contribution >= 4 is 29.4 Å². The number of likely N-dealkylation sites (tertiary alicyclic amines) is 1. The summed E-state index contributed by atoms with van der Waals surface area (Å²) in [7, 11) is 0. The number of nitrogens with zero attached hydrogens (tertiary/aromatic N) is 3. The van der Waals surface area contributed by atoms with Crippen molar-refractivity contribution < 1.29 is 19.1 Å². The zero-order valence-corrected chi connectivity index (χ0v) is 22.4. The highest BCUT2D eigenvalue weighted by molar-refractivity contribution is 6.39. The molecule has 3 N–H and O–H groups in total. The first kappa shape index (κ1) is 26.8. The molecule has 38 heavy (non-hydrogen) atoms. The molecule has 3 amide bonds. The van der Waals surface area contributed by atoms with E-state index in [-0.39, 0.29) is 12.0 Å². The van der Waals surface area contributed by atoms with Crippen LogP contribution in [0.1, 0.15) is 57.7 Å². The van der Waals surface area contributed by atoms with Gasteiger partial charge in [0.2, 0.25) is 0 Å². The van der Waals surface area contributed by atoms with Crippen LogP contribution < -0.4 is 10.6 Å². The van der Waals surface area contributed by atoms with Gasteiger partial charge in [0.1, 0.15) is 11.4 Å². The molecule has 0 spiro atoms. The van der Waals surface area contributed by atoms with E-state index in [4.69, 9.17) is 4.74 Å². The molecule has 2 atom stereocenters. The van der Waals surface area contributed by atoms with Gasteiger partial charge in [-0.2, -0.15) is 5.10 Å². The highest BCUT2D eigenvalue weighted by atomic mass is 16.6. The van der Waals surface area contributed by atoms with Crippen LogP contribution in [0.3, 0.4) is 0 Å². The van der Waals surface area contributed by atoms with Crippen molar-refractivity contribution in [3.05, 3.63) is 60.0 Å². The summed E-state index contributed by atoms with van der Waals surface area (Å²) < 4.78 is 5.26. The van der Waals surface area contributed by atoms with Gasteiger partial charge in [0.15, 0.2) is 0 Å². The normalized spacial score (nSPS) is 17.6. The van der Waals surface area contributed by atoms with Crippen LogP contribution in [0, 0.1) is 12.8 Å². The third-order valence-corrected chi connectivity index (χ3v) is 6.36. The lowest BCUT2D eigenvalue weighted by molar-refractivity contribution is -0.146. The number of aromatic nitrogens is 3. The molecule has 1 aromatic carbocycles. The van der Waals surface area contributed by atoms with Gasteiger partial charge in [-0.3, -0.25) is 20.0 Å². The lowest BCUT2D eigenvalue weighted by Crippen LogP contribution is -2.46.